The van der Waals surface area contributed by atoms with E-state index in [1.807, 2.05) is 18.2 Å². The van der Waals surface area contributed by atoms with E-state index >= 15 is 0 Å². The van der Waals surface area contributed by atoms with Crippen LogP contribution in [0.4, 0.5) is 5.69 Å². The fourth-order valence-corrected chi connectivity index (χ4v) is 2.85. The van der Waals surface area contributed by atoms with E-state index < -0.39 is 0 Å². The van der Waals surface area contributed by atoms with Crippen molar-refractivity contribution in [1.29, 1.82) is 0 Å². The smallest absolute Gasteiger partial charge is 0.123 e. The van der Waals surface area contributed by atoms with Crippen LogP contribution in [0.15, 0.2) is 40.9 Å². The first-order chi connectivity index (χ1) is 9.75. The minimum absolute atomic E-state index is 0.0549. The summed E-state index contributed by atoms with van der Waals surface area (Å²) in [4.78, 5) is 0. The Morgan fingerprint density at radius 3 is 2.43 bits per heavy atom. The molecule has 0 saturated carbocycles. The number of rotatable bonds is 3. The normalized spacial score (nSPS) is 11.5. The monoisotopic (exact) mass is 347 g/mol. The van der Waals surface area contributed by atoms with Gasteiger partial charge in [-0.2, -0.15) is 0 Å². The molecule has 0 fully saturated rings. The summed E-state index contributed by atoms with van der Waals surface area (Å²) in [6, 6.07) is 12.2. The molecule has 0 radical (unpaired) electrons. The van der Waals surface area contributed by atoms with Crippen molar-refractivity contribution in [2.75, 3.05) is 5.73 Å². The Balaban J connectivity index is 2.25. The molecule has 2 aromatic rings. The van der Waals surface area contributed by atoms with Gasteiger partial charge in [0, 0.05) is 10.2 Å². The van der Waals surface area contributed by atoms with Gasteiger partial charge in [0.05, 0.1) is 0 Å². The first-order valence-electron chi connectivity index (χ1n) is 7.04. The van der Waals surface area contributed by atoms with Gasteiger partial charge in [-0.25, -0.2) is 0 Å². The number of hydrogen-bond acceptors (Lipinski definition) is 2. The molecule has 2 aromatic carbocycles. The van der Waals surface area contributed by atoms with E-state index in [0.717, 1.165) is 21.5 Å². The van der Waals surface area contributed by atoms with Gasteiger partial charge >= 0.3 is 0 Å². The number of aryl methyl sites for hydroxylation is 1. The van der Waals surface area contributed by atoms with Crippen molar-refractivity contribution in [3.05, 3.63) is 57.6 Å². The number of benzene rings is 2. The molecule has 0 bridgehead atoms. The first kappa shape index (κ1) is 15.9. The lowest BCUT2D eigenvalue weighted by Crippen LogP contribution is -2.13. The van der Waals surface area contributed by atoms with Crippen molar-refractivity contribution in [2.24, 2.45) is 0 Å². The maximum Gasteiger partial charge on any atom is 0.123 e. The Kier molecular flexibility index (Phi) is 4.62. The largest absolute Gasteiger partial charge is 0.489 e. The van der Waals surface area contributed by atoms with Gasteiger partial charge in [-0.05, 0) is 53.3 Å². The van der Waals surface area contributed by atoms with E-state index in [1.54, 1.807) is 0 Å². The molecule has 112 valence electrons. The zero-order valence-electron chi connectivity index (χ0n) is 13.0. The molecular formula is C18H22BrNO. The Morgan fingerprint density at radius 2 is 1.81 bits per heavy atom. The molecule has 0 aromatic heterocycles. The molecule has 2 rings (SSSR count). The topological polar surface area (TPSA) is 35.2 Å². The third kappa shape index (κ3) is 4.24. The summed E-state index contributed by atoms with van der Waals surface area (Å²) in [5, 5.41) is 0. The average molecular weight is 348 g/mol. The molecule has 0 atom stereocenters. The third-order valence-electron chi connectivity index (χ3n) is 3.32. The fourth-order valence-electron chi connectivity index (χ4n) is 2.29. The summed E-state index contributed by atoms with van der Waals surface area (Å²) in [5.74, 6) is 0.945. The summed E-state index contributed by atoms with van der Waals surface area (Å²) in [6.07, 6.45) is 0. The van der Waals surface area contributed by atoms with E-state index in [0.29, 0.717) is 6.61 Å². The number of nitrogens with two attached hydrogens (primary N) is 1. The lowest BCUT2D eigenvalue weighted by atomic mass is 9.86. The first-order valence-corrected chi connectivity index (χ1v) is 7.84. The second kappa shape index (κ2) is 6.10. The summed E-state index contributed by atoms with van der Waals surface area (Å²) >= 11 is 3.46. The van der Waals surface area contributed by atoms with Crippen LogP contribution in [0, 0.1) is 6.92 Å². The van der Waals surface area contributed by atoms with Crippen LogP contribution < -0.4 is 10.5 Å². The van der Waals surface area contributed by atoms with E-state index in [2.05, 4.69) is 61.8 Å². The van der Waals surface area contributed by atoms with Gasteiger partial charge in [0.25, 0.3) is 0 Å². The molecule has 0 unspecified atom stereocenters. The Hall–Kier alpha value is -1.48. The Morgan fingerprint density at radius 1 is 1.10 bits per heavy atom. The number of anilines is 1. The third-order valence-corrected chi connectivity index (χ3v) is 3.78. The molecule has 0 aliphatic carbocycles. The van der Waals surface area contributed by atoms with Gasteiger partial charge in [0.2, 0.25) is 0 Å². The second-order valence-corrected chi connectivity index (χ2v) is 7.35. The van der Waals surface area contributed by atoms with Crippen LogP contribution in [0.3, 0.4) is 0 Å². The van der Waals surface area contributed by atoms with Crippen LogP contribution in [-0.2, 0) is 12.0 Å². The summed E-state index contributed by atoms with van der Waals surface area (Å²) < 4.78 is 7.04. The van der Waals surface area contributed by atoms with Crippen molar-refractivity contribution in [3.8, 4) is 5.75 Å². The second-order valence-electron chi connectivity index (χ2n) is 6.43. The summed E-state index contributed by atoms with van der Waals surface area (Å²) in [6.45, 7) is 9.18. The molecule has 2 nitrogen and oxygen atoms in total. The van der Waals surface area contributed by atoms with Crippen LogP contribution in [0.1, 0.15) is 37.5 Å². The van der Waals surface area contributed by atoms with Crippen molar-refractivity contribution in [3.63, 3.8) is 0 Å². The molecule has 0 aliphatic rings. The van der Waals surface area contributed by atoms with E-state index in [4.69, 9.17) is 10.5 Å². The van der Waals surface area contributed by atoms with Crippen molar-refractivity contribution in [2.45, 2.75) is 39.7 Å². The number of halogens is 1. The number of nitrogen functional groups attached to an aromatic ring is 1. The minimum atomic E-state index is 0.0549. The van der Waals surface area contributed by atoms with Crippen LogP contribution in [0.5, 0.6) is 5.75 Å². The minimum Gasteiger partial charge on any atom is -0.489 e. The molecule has 0 saturated heterocycles. The Bertz CT molecular complexity index is 624. The SMILES string of the molecule is Cc1ccc(C(C)(C)C)c(OCc2cc(N)cc(Br)c2)c1. The van der Waals surface area contributed by atoms with Crippen LogP contribution >= 0.6 is 15.9 Å². The molecule has 3 heteroatoms. The zero-order valence-corrected chi connectivity index (χ0v) is 14.6. The van der Waals surface area contributed by atoms with Gasteiger partial charge in [-0.1, -0.05) is 48.8 Å². The van der Waals surface area contributed by atoms with Crippen LogP contribution in [0.25, 0.3) is 0 Å². The van der Waals surface area contributed by atoms with Crippen molar-refractivity contribution >= 4 is 21.6 Å². The highest BCUT2D eigenvalue weighted by Gasteiger charge is 2.19. The maximum atomic E-state index is 6.06. The summed E-state index contributed by atoms with van der Waals surface area (Å²) in [5.41, 5.74) is 10.1. The van der Waals surface area contributed by atoms with Gasteiger partial charge in [-0.15, -0.1) is 0 Å². The van der Waals surface area contributed by atoms with Gasteiger partial charge in [0.1, 0.15) is 12.4 Å². The summed E-state index contributed by atoms with van der Waals surface area (Å²) in [7, 11) is 0. The number of ether oxygens (including phenoxy) is 1. The van der Waals surface area contributed by atoms with Crippen LogP contribution in [-0.4, -0.2) is 0 Å². The van der Waals surface area contributed by atoms with Crippen molar-refractivity contribution in [1.82, 2.24) is 0 Å². The van der Waals surface area contributed by atoms with E-state index in [9.17, 15) is 0 Å². The predicted molar refractivity (Wildman–Crippen MR) is 92.8 cm³/mol. The van der Waals surface area contributed by atoms with Gasteiger partial charge in [0.15, 0.2) is 0 Å². The van der Waals surface area contributed by atoms with E-state index in [-0.39, 0.29) is 5.41 Å². The standard InChI is InChI=1S/C18H22BrNO/c1-12-5-6-16(18(2,3)4)17(7-12)21-11-13-8-14(19)10-15(20)9-13/h5-10H,11,20H2,1-4H3. The Labute approximate surface area is 135 Å². The predicted octanol–water partition coefficient (Wildman–Crippen LogP) is 5.22. The maximum absolute atomic E-state index is 6.06. The quantitative estimate of drug-likeness (QED) is 0.772. The number of hydrogen-bond donors (Lipinski definition) is 1. The fraction of sp³-hybridized carbons (Fsp3) is 0.333. The molecule has 21 heavy (non-hydrogen) atoms. The highest BCUT2D eigenvalue weighted by molar-refractivity contribution is 9.10. The zero-order chi connectivity index (χ0) is 15.6. The molecule has 0 spiro atoms. The molecule has 2 N–H and O–H groups in total. The molecule has 0 heterocycles. The highest BCUT2D eigenvalue weighted by Crippen LogP contribution is 2.32. The lowest BCUT2D eigenvalue weighted by Gasteiger charge is -2.23. The molecule has 0 aliphatic heterocycles. The van der Waals surface area contributed by atoms with E-state index in [1.165, 1.54) is 11.1 Å². The van der Waals surface area contributed by atoms with Crippen molar-refractivity contribution < 1.29 is 4.74 Å². The highest BCUT2D eigenvalue weighted by atomic mass is 79.9. The molecule has 0 amide bonds. The van der Waals surface area contributed by atoms with Gasteiger partial charge < -0.3 is 10.5 Å². The van der Waals surface area contributed by atoms with Gasteiger partial charge in [-0.3, -0.25) is 0 Å². The van der Waals surface area contributed by atoms with Crippen LogP contribution in [0.2, 0.25) is 0 Å². The molecular weight excluding hydrogens is 326 g/mol. The lowest BCUT2D eigenvalue weighted by molar-refractivity contribution is 0.297. The average Bonchev–Trinajstić information content (AvgIpc) is 2.33.